The zero-order valence-electron chi connectivity index (χ0n) is 24.2. The number of aliphatic carboxylic acids is 1. The van der Waals surface area contributed by atoms with Crippen molar-refractivity contribution in [2.24, 2.45) is 5.41 Å². The van der Waals surface area contributed by atoms with E-state index >= 15 is 0 Å². The van der Waals surface area contributed by atoms with Crippen LogP contribution in [0.25, 0.3) is 11.3 Å². The Morgan fingerprint density at radius 3 is 2.35 bits per heavy atom. The molecular weight excluding hydrogens is 511 g/mol. The Morgan fingerprint density at radius 1 is 1.10 bits per heavy atom. The Morgan fingerprint density at radius 2 is 1.77 bits per heavy atom. The van der Waals surface area contributed by atoms with Crippen LogP contribution in [-0.4, -0.2) is 51.6 Å². The van der Waals surface area contributed by atoms with Crippen LogP contribution in [0.1, 0.15) is 70.4 Å². The minimum Gasteiger partial charge on any atom is -0.479 e. The zero-order chi connectivity index (χ0) is 29.1. The largest absolute Gasteiger partial charge is 0.479 e. The highest BCUT2D eigenvalue weighted by Crippen LogP contribution is 2.43. The molecule has 214 valence electrons. The van der Waals surface area contributed by atoms with E-state index in [1.807, 2.05) is 33.8 Å². The van der Waals surface area contributed by atoms with Crippen LogP contribution in [-0.2, 0) is 16.0 Å². The summed E-state index contributed by atoms with van der Waals surface area (Å²) in [6.07, 6.45) is 3.09. The van der Waals surface area contributed by atoms with E-state index in [2.05, 4.69) is 33.9 Å². The fourth-order valence-corrected chi connectivity index (χ4v) is 4.84. The van der Waals surface area contributed by atoms with Gasteiger partial charge in [-0.15, -0.1) is 10.2 Å². The Hall–Kier alpha value is -3.59. The normalized spacial score (nSPS) is 16.0. The first kappa shape index (κ1) is 29.4. The molecule has 0 spiro atoms. The second-order valence-electron chi connectivity index (χ2n) is 12.1. The average Bonchev–Trinajstić information content (AvgIpc) is 2.88. The van der Waals surface area contributed by atoms with Gasteiger partial charge in [0.15, 0.2) is 6.10 Å². The number of hydrogen-bond acceptors (Lipinski definition) is 7. The molecule has 8 nitrogen and oxygen atoms in total. The van der Waals surface area contributed by atoms with Gasteiger partial charge in [0.2, 0.25) is 5.88 Å². The molecule has 4 rings (SSSR count). The maximum Gasteiger partial charge on any atom is 0.337 e. The van der Waals surface area contributed by atoms with Crippen LogP contribution in [0.2, 0.25) is 0 Å². The quantitative estimate of drug-likeness (QED) is 0.338. The van der Waals surface area contributed by atoms with Gasteiger partial charge >= 0.3 is 5.97 Å². The lowest BCUT2D eigenvalue weighted by Gasteiger charge is -2.40. The minimum absolute atomic E-state index is 0.208. The molecular formula is C31H39FN4O4. The van der Waals surface area contributed by atoms with Gasteiger partial charge in [0.25, 0.3) is 0 Å². The molecule has 1 aliphatic rings. The van der Waals surface area contributed by atoms with E-state index in [1.54, 1.807) is 24.4 Å². The van der Waals surface area contributed by atoms with Crippen LogP contribution in [0, 0.1) is 18.2 Å². The maximum atomic E-state index is 13.1. The molecule has 3 aromatic rings. The third-order valence-corrected chi connectivity index (χ3v) is 7.15. The third-order valence-electron chi connectivity index (χ3n) is 7.15. The number of rotatable bonds is 9. The molecule has 1 N–H and O–H groups in total. The molecule has 2 aromatic heterocycles. The highest BCUT2D eigenvalue weighted by Gasteiger charge is 2.36. The van der Waals surface area contributed by atoms with Crippen LogP contribution in [0.4, 0.5) is 10.1 Å². The number of halogens is 1. The molecule has 0 radical (unpaired) electrons. The Kier molecular flexibility index (Phi) is 8.73. The molecule has 40 heavy (non-hydrogen) atoms. The van der Waals surface area contributed by atoms with Gasteiger partial charge in [-0.25, -0.2) is 9.18 Å². The van der Waals surface area contributed by atoms with Crippen LogP contribution in [0.3, 0.4) is 0 Å². The van der Waals surface area contributed by atoms with E-state index in [0.29, 0.717) is 41.4 Å². The maximum absolute atomic E-state index is 13.1. The van der Waals surface area contributed by atoms with Gasteiger partial charge in [-0.2, -0.15) is 0 Å². The molecule has 0 unspecified atom stereocenters. The minimum atomic E-state index is -1.19. The lowest BCUT2D eigenvalue weighted by atomic mass is 9.82. The molecule has 1 atom stereocenters. The molecule has 0 bridgehead atoms. The summed E-state index contributed by atoms with van der Waals surface area (Å²) in [6.45, 7) is 13.8. The molecule has 0 amide bonds. The number of benzene rings is 1. The number of piperidine rings is 1. The lowest BCUT2D eigenvalue weighted by molar-refractivity contribution is -0.160. The van der Waals surface area contributed by atoms with Crippen molar-refractivity contribution in [1.29, 1.82) is 0 Å². The standard InChI is InChI=1S/C31H39FN4O4/c1-20-26(28(29(37)38)40-30(2,3)4)27(36-16-14-31(5,6)15-17-36)23(19-33-20)24-11-12-25(35-34-24)39-18-13-21-7-9-22(32)10-8-21/h7-12,19,28H,13-18H2,1-6H3,(H,37,38)/t28-/m0/s1. The monoisotopic (exact) mass is 550 g/mol. The molecule has 3 heterocycles. The van der Waals surface area contributed by atoms with Crippen molar-refractivity contribution in [3.05, 3.63) is 65.2 Å². The fourth-order valence-electron chi connectivity index (χ4n) is 4.84. The first-order valence-electron chi connectivity index (χ1n) is 13.7. The van der Waals surface area contributed by atoms with E-state index in [4.69, 9.17) is 9.47 Å². The Labute approximate surface area is 235 Å². The topological polar surface area (TPSA) is 97.7 Å². The number of carboxylic acids is 1. The highest BCUT2D eigenvalue weighted by atomic mass is 19.1. The fraction of sp³-hybridized carbons (Fsp3) is 0.484. The molecule has 0 aliphatic carbocycles. The molecule has 1 aromatic carbocycles. The van der Waals surface area contributed by atoms with Gasteiger partial charge in [-0.3, -0.25) is 4.98 Å². The van der Waals surface area contributed by atoms with Crippen molar-refractivity contribution >= 4 is 11.7 Å². The van der Waals surface area contributed by atoms with Crippen LogP contribution in [0.15, 0.2) is 42.6 Å². The number of aromatic nitrogens is 3. The van der Waals surface area contributed by atoms with Gasteiger partial charge in [0, 0.05) is 48.6 Å². The second-order valence-corrected chi connectivity index (χ2v) is 12.1. The summed E-state index contributed by atoms with van der Waals surface area (Å²) >= 11 is 0. The number of carbonyl (C=O) groups is 1. The van der Waals surface area contributed by atoms with Crippen molar-refractivity contribution in [2.75, 3.05) is 24.6 Å². The van der Waals surface area contributed by atoms with Crippen molar-refractivity contribution in [1.82, 2.24) is 15.2 Å². The lowest BCUT2D eigenvalue weighted by Crippen LogP contribution is -2.39. The van der Waals surface area contributed by atoms with Gasteiger partial charge in [-0.05, 0) is 69.7 Å². The summed E-state index contributed by atoms with van der Waals surface area (Å²) in [5.41, 5.74) is 3.69. The SMILES string of the molecule is Cc1ncc(-c2ccc(OCCc3ccc(F)cc3)nn2)c(N2CCC(C)(C)CC2)c1[C@H](OC(C)(C)C)C(=O)O. The van der Waals surface area contributed by atoms with Crippen molar-refractivity contribution < 1.29 is 23.8 Å². The van der Waals surface area contributed by atoms with Crippen LogP contribution >= 0.6 is 0 Å². The van der Waals surface area contributed by atoms with Crippen LogP contribution in [0.5, 0.6) is 5.88 Å². The summed E-state index contributed by atoms with van der Waals surface area (Å²) in [5.74, 6) is -0.967. The zero-order valence-corrected chi connectivity index (χ0v) is 24.2. The molecule has 0 saturated carbocycles. The predicted molar refractivity (Wildman–Crippen MR) is 152 cm³/mol. The summed E-state index contributed by atoms with van der Waals surface area (Å²) in [6, 6.07) is 9.87. The average molecular weight is 551 g/mol. The summed E-state index contributed by atoms with van der Waals surface area (Å²) in [7, 11) is 0. The summed E-state index contributed by atoms with van der Waals surface area (Å²) in [5, 5.41) is 19.0. The van der Waals surface area contributed by atoms with Gasteiger partial charge in [-0.1, -0.05) is 26.0 Å². The molecule has 1 aliphatic heterocycles. The van der Waals surface area contributed by atoms with E-state index in [-0.39, 0.29) is 11.2 Å². The van der Waals surface area contributed by atoms with Gasteiger partial charge in [0.05, 0.1) is 23.6 Å². The number of pyridine rings is 1. The summed E-state index contributed by atoms with van der Waals surface area (Å²) < 4.78 is 25.0. The van der Waals surface area contributed by atoms with E-state index in [1.165, 1.54) is 12.1 Å². The second kappa shape index (κ2) is 11.9. The number of hydrogen-bond donors (Lipinski definition) is 1. The third kappa shape index (κ3) is 7.33. The van der Waals surface area contributed by atoms with Crippen molar-refractivity contribution in [3.63, 3.8) is 0 Å². The van der Waals surface area contributed by atoms with Crippen molar-refractivity contribution in [2.45, 2.75) is 72.5 Å². The number of carboxylic acid groups (broad SMARTS) is 1. The van der Waals surface area contributed by atoms with E-state index in [9.17, 15) is 14.3 Å². The van der Waals surface area contributed by atoms with Crippen molar-refractivity contribution in [3.8, 4) is 17.1 Å². The number of nitrogens with zero attached hydrogens (tertiary/aromatic N) is 4. The Balaban J connectivity index is 1.67. The number of ether oxygens (including phenoxy) is 2. The van der Waals surface area contributed by atoms with Gasteiger partial charge < -0.3 is 19.5 Å². The Bertz CT molecular complexity index is 1310. The highest BCUT2D eigenvalue weighted by molar-refractivity contribution is 5.85. The smallest absolute Gasteiger partial charge is 0.337 e. The van der Waals surface area contributed by atoms with E-state index < -0.39 is 17.7 Å². The van der Waals surface area contributed by atoms with Gasteiger partial charge in [0.1, 0.15) is 5.82 Å². The number of aryl methyl sites for hydroxylation is 1. The van der Waals surface area contributed by atoms with E-state index in [0.717, 1.165) is 37.2 Å². The predicted octanol–water partition coefficient (Wildman–Crippen LogP) is 6.17. The number of anilines is 1. The first-order chi connectivity index (χ1) is 18.8. The molecule has 1 saturated heterocycles. The molecule has 1 fully saturated rings. The molecule has 9 heteroatoms. The summed E-state index contributed by atoms with van der Waals surface area (Å²) in [4.78, 5) is 19.4. The van der Waals surface area contributed by atoms with Crippen LogP contribution < -0.4 is 9.64 Å². The first-order valence-corrected chi connectivity index (χ1v) is 13.7.